The molecule has 3 saturated heterocycles. The molecule has 0 radical (unpaired) electrons. The molecule has 4 heterocycles. The fourth-order valence-electron chi connectivity index (χ4n) is 3.78. The Labute approximate surface area is 144 Å². The van der Waals surface area contributed by atoms with Crippen molar-refractivity contribution in [3.63, 3.8) is 0 Å². The van der Waals surface area contributed by atoms with Crippen LogP contribution in [-0.4, -0.2) is 85.3 Å². The maximum absolute atomic E-state index is 12.5. The number of anilines is 1. The first-order chi connectivity index (χ1) is 11.6. The van der Waals surface area contributed by atoms with Crippen LogP contribution in [0.3, 0.4) is 0 Å². The van der Waals surface area contributed by atoms with Gasteiger partial charge in [-0.3, -0.25) is 4.90 Å². The van der Waals surface area contributed by atoms with Crippen LogP contribution in [0.4, 0.5) is 5.82 Å². The molecule has 7 nitrogen and oxygen atoms in total. The van der Waals surface area contributed by atoms with Gasteiger partial charge in [0.15, 0.2) is 0 Å². The van der Waals surface area contributed by atoms with Crippen molar-refractivity contribution in [2.45, 2.75) is 18.9 Å². The highest BCUT2D eigenvalue weighted by Gasteiger charge is 2.42. The average Bonchev–Trinajstić information content (AvgIpc) is 3.10. The number of nitrogens with zero attached hydrogens (tertiary/aromatic N) is 5. The van der Waals surface area contributed by atoms with E-state index in [2.05, 4.69) is 14.8 Å². The number of aromatic nitrogens is 1. The lowest BCUT2D eigenvalue weighted by Gasteiger charge is -2.48. The molecular formula is C16H25N5O2S. The van der Waals surface area contributed by atoms with Crippen LogP contribution in [0.2, 0.25) is 0 Å². The van der Waals surface area contributed by atoms with E-state index in [1.165, 1.54) is 0 Å². The van der Waals surface area contributed by atoms with Gasteiger partial charge >= 0.3 is 0 Å². The normalized spacial score (nSPS) is 25.1. The molecule has 0 unspecified atom stereocenters. The predicted molar refractivity (Wildman–Crippen MR) is 93.1 cm³/mol. The minimum Gasteiger partial charge on any atom is -0.354 e. The minimum atomic E-state index is -3.21. The van der Waals surface area contributed by atoms with E-state index in [1.807, 2.05) is 24.4 Å². The van der Waals surface area contributed by atoms with E-state index in [1.54, 1.807) is 8.61 Å². The van der Waals surface area contributed by atoms with E-state index in [0.29, 0.717) is 32.2 Å². The Morgan fingerprint density at radius 3 is 2.25 bits per heavy atom. The Hall–Kier alpha value is -1.22. The Kier molecular flexibility index (Phi) is 4.46. The Balaban J connectivity index is 1.28. The number of piperazine rings is 1. The van der Waals surface area contributed by atoms with Gasteiger partial charge in [-0.25, -0.2) is 4.98 Å². The van der Waals surface area contributed by atoms with Crippen molar-refractivity contribution in [2.75, 3.05) is 57.3 Å². The summed E-state index contributed by atoms with van der Waals surface area (Å²) in [5.41, 5.74) is 0. The lowest BCUT2D eigenvalue weighted by molar-refractivity contribution is 0.0789. The molecule has 132 valence electrons. The number of hydrogen-bond donors (Lipinski definition) is 0. The highest BCUT2D eigenvalue weighted by molar-refractivity contribution is 7.86. The van der Waals surface area contributed by atoms with E-state index < -0.39 is 10.2 Å². The van der Waals surface area contributed by atoms with Crippen molar-refractivity contribution < 1.29 is 8.42 Å². The standard InChI is InChI=1S/C16H25N5O2S/c22-24(23,20-7-3-4-8-20)21-13-15(14-21)18-9-11-19(12-10-18)16-5-1-2-6-17-16/h1-2,5-6,15H,3-4,7-14H2. The summed E-state index contributed by atoms with van der Waals surface area (Å²) in [7, 11) is -3.21. The summed E-state index contributed by atoms with van der Waals surface area (Å²) >= 11 is 0. The topological polar surface area (TPSA) is 60.0 Å². The van der Waals surface area contributed by atoms with Crippen molar-refractivity contribution in [2.24, 2.45) is 0 Å². The molecular weight excluding hydrogens is 326 g/mol. The average molecular weight is 351 g/mol. The first kappa shape index (κ1) is 16.3. The summed E-state index contributed by atoms with van der Waals surface area (Å²) in [6.45, 7) is 6.50. The second kappa shape index (κ2) is 6.59. The molecule has 0 atom stereocenters. The molecule has 3 fully saturated rings. The summed E-state index contributed by atoms with van der Waals surface area (Å²) in [5.74, 6) is 1.03. The van der Waals surface area contributed by atoms with Gasteiger partial charge in [0.05, 0.1) is 0 Å². The van der Waals surface area contributed by atoms with Crippen LogP contribution >= 0.6 is 0 Å². The summed E-state index contributed by atoms with van der Waals surface area (Å²) in [4.78, 5) is 9.13. The smallest absolute Gasteiger partial charge is 0.282 e. The molecule has 0 saturated carbocycles. The third kappa shape index (κ3) is 3.03. The van der Waals surface area contributed by atoms with Gasteiger partial charge in [0, 0.05) is 64.6 Å². The minimum absolute atomic E-state index is 0.369. The third-order valence-electron chi connectivity index (χ3n) is 5.35. The molecule has 0 aliphatic carbocycles. The molecule has 0 bridgehead atoms. The Morgan fingerprint density at radius 2 is 1.62 bits per heavy atom. The quantitative estimate of drug-likeness (QED) is 0.777. The molecule has 8 heteroatoms. The van der Waals surface area contributed by atoms with Gasteiger partial charge in [0.1, 0.15) is 5.82 Å². The maximum Gasteiger partial charge on any atom is 0.282 e. The second-order valence-corrected chi connectivity index (χ2v) is 8.72. The van der Waals surface area contributed by atoms with Crippen LogP contribution in [0.5, 0.6) is 0 Å². The largest absolute Gasteiger partial charge is 0.354 e. The van der Waals surface area contributed by atoms with Gasteiger partial charge in [-0.05, 0) is 25.0 Å². The zero-order valence-corrected chi connectivity index (χ0v) is 14.7. The SMILES string of the molecule is O=S(=O)(N1CCCC1)N1CC(N2CCN(c3ccccn3)CC2)C1. The van der Waals surface area contributed by atoms with Crippen molar-refractivity contribution in [3.8, 4) is 0 Å². The number of hydrogen-bond acceptors (Lipinski definition) is 5. The van der Waals surface area contributed by atoms with Gasteiger partial charge in [-0.1, -0.05) is 6.07 Å². The van der Waals surface area contributed by atoms with Crippen LogP contribution < -0.4 is 4.90 Å². The van der Waals surface area contributed by atoms with E-state index in [4.69, 9.17) is 0 Å². The molecule has 0 spiro atoms. The van der Waals surface area contributed by atoms with Gasteiger partial charge in [-0.2, -0.15) is 17.0 Å². The van der Waals surface area contributed by atoms with Crippen molar-refractivity contribution in [1.82, 2.24) is 18.5 Å². The van der Waals surface area contributed by atoms with E-state index in [-0.39, 0.29) is 0 Å². The summed E-state index contributed by atoms with van der Waals surface area (Å²) in [6.07, 6.45) is 3.81. The van der Waals surface area contributed by atoms with Gasteiger partial charge < -0.3 is 4.90 Å². The lowest BCUT2D eigenvalue weighted by atomic mass is 10.1. The Morgan fingerprint density at radius 1 is 0.917 bits per heavy atom. The zero-order valence-electron chi connectivity index (χ0n) is 13.9. The van der Waals surface area contributed by atoms with Crippen LogP contribution in [0, 0.1) is 0 Å². The first-order valence-corrected chi connectivity index (χ1v) is 10.2. The molecule has 0 aromatic carbocycles. The fourth-order valence-corrected chi connectivity index (χ4v) is 5.54. The lowest BCUT2D eigenvalue weighted by Crippen LogP contribution is -2.65. The van der Waals surface area contributed by atoms with Crippen LogP contribution in [0.15, 0.2) is 24.4 Å². The number of rotatable bonds is 4. The molecule has 4 rings (SSSR count). The Bertz CT molecular complexity index is 648. The van der Waals surface area contributed by atoms with Crippen molar-refractivity contribution in [1.29, 1.82) is 0 Å². The van der Waals surface area contributed by atoms with Crippen LogP contribution in [0.1, 0.15) is 12.8 Å². The first-order valence-electron chi connectivity index (χ1n) is 8.80. The van der Waals surface area contributed by atoms with Gasteiger partial charge in [-0.15, -0.1) is 0 Å². The molecule has 3 aliphatic rings. The van der Waals surface area contributed by atoms with Crippen molar-refractivity contribution >= 4 is 16.0 Å². The molecule has 3 aliphatic heterocycles. The molecule has 1 aromatic rings. The van der Waals surface area contributed by atoms with E-state index in [9.17, 15) is 8.42 Å². The molecule has 0 N–H and O–H groups in total. The maximum atomic E-state index is 12.5. The van der Waals surface area contributed by atoms with Gasteiger partial charge in [0.2, 0.25) is 0 Å². The zero-order chi connectivity index (χ0) is 16.6. The molecule has 24 heavy (non-hydrogen) atoms. The van der Waals surface area contributed by atoms with Gasteiger partial charge in [0.25, 0.3) is 10.2 Å². The monoisotopic (exact) mass is 351 g/mol. The number of pyridine rings is 1. The molecule has 1 aromatic heterocycles. The molecule has 0 amide bonds. The van der Waals surface area contributed by atoms with Crippen LogP contribution in [0.25, 0.3) is 0 Å². The predicted octanol–water partition coefficient (Wildman–Crippen LogP) is 0.228. The third-order valence-corrected chi connectivity index (χ3v) is 7.32. The summed E-state index contributed by atoms with van der Waals surface area (Å²) in [5, 5.41) is 0. The summed E-state index contributed by atoms with van der Waals surface area (Å²) < 4.78 is 28.3. The highest BCUT2D eigenvalue weighted by Crippen LogP contribution is 2.25. The fraction of sp³-hybridized carbons (Fsp3) is 0.688. The van der Waals surface area contributed by atoms with E-state index >= 15 is 0 Å². The van der Waals surface area contributed by atoms with E-state index in [0.717, 1.165) is 44.8 Å². The highest BCUT2D eigenvalue weighted by atomic mass is 32.2. The van der Waals surface area contributed by atoms with Crippen molar-refractivity contribution in [3.05, 3.63) is 24.4 Å². The summed E-state index contributed by atoms with van der Waals surface area (Å²) in [6, 6.07) is 6.36. The second-order valence-electron chi connectivity index (χ2n) is 6.80. The van der Waals surface area contributed by atoms with Crippen LogP contribution in [-0.2, 0) is 10.2 Å².